The molecule has 0 aromatic rings. The topological polar surface area (TPSA) is 107 Å². The van der Waals surface area contributed by atoms with Crippen LogP contribution >= 0.6 is 0 Å². The highest BCUT2D eigenvalue weighted by Crippen LogP contribution is 2.23. The monoisotopic (exact) mass is 321 g/mol. The lowest BCUT2D eigenvalue weighted by molar-refractivity contribution is -0.154. The summed E-state index contributed by atoms with van der Waals surface area (Å²) in [6.07, 6.45) is 13.7. The molecule has 0 bridgehead atoms. The second-order valence-electron chi connectivity index (χ2n) is 5.16. The first-order valence-electron chi connectivity index (χ1n) is 7.46. The third kappa shape index (κ3) is 4.72. The van der Waals surface area contributed by atoms with E-state index in [1.807, 2.05) is 25.2 Å². The maximum Gasteiger partial charge on any atom is 0.263 e. The maximum atomic E-state index is 12.0. The van der Waals surface area contributed by atoms with Gasteiger partial charge in [0.1, 0.15) is 6.10 Å². The summed E-state index contributed by atoms with van der Waals surface area (Å²) in [5.74, 6) is -1.94. The highest BCUT2D eigenvalue weighted by molar-refractivity contribution is 6.16. The molecule has 126 valence electrons. The van der Waals surface area contributed by atoms with Gasteiger partial charge >= 0.3 is 0 Å². The summed E-state index contributed by atoms with van der Waals surface area (Å²) in [5, 5.41) is 31.1. The third-order valence-corrected chi connectivity index (χ3v) is 3.50. The largest absolute Gasteiger partial charge is 0.394 e. The molecule has 1 fully saturated rings. The van der Waals surface area contributed by atoms with Crippen LogP contribution in [0.25, 0.3) is 0 Å². The number of aliphatic hydroxyl groups excluding tert-OH is 2. The number of nitrogens with one attached hydrogen (secondary N) is 1. The van der Waals surface area contributed by atoms with Crippen molar-refractivity contribution >= 4 is 11.7 Å². The standard InChI is InChI=1S/C17H23NO5/c1-2-3-4-5-6-7-8-9-10-11-14(20)17(23)15(21)13(12-19)18-16(17)22/h2-3,6-11,13,15,19,21,23H,4-5,12H2,1H3,(H,18,22). The maximum absolute atomic E-state index is 12.0. The Morgan fingerprint density at radius 2 is 1.87 bits per heavy atom. The average molecular weight is 321 g/mol. The number of aliphatic hydroxyl groups is 3. The van der Waals surface area contributed by atoms with E-state index in [0.717, 1.165) is 18.9 Å². The molecule has 0 aromatic heterocycles. The number of hydrogen-bond donors (Lipinski definition) is 4. The van der Waals surface area contributed by atoms with Crippen LogP contribution < -0.4 is 5.32 Å². The fraction of sp³-hybridized carbons (Fsp3) is 0.412. The van der Waals surface area contributed by atoms with E-state index in [1.165, 1.54) is 6.08 Å². The number of hydrogen-bond acceptors (Lipinski definition) is 5. The normalized spacial score (nSPS) is 28.6. The molecule has 6 heteroatoms. The van der Waals surface area contributed by atoms with Crippen LogP contribution in [0.4, 0.5) is 0 Å². The van der Waals surface area contributed by atoms with E-state index in [0.29, 0.717) is 0 Å². The summed E-state index contributed by atoms with van der Waals surface area (Å²) in [5.41, 5.74) is -2.56. The minimum Gasteiger partial charge on any atom is -0.394 e. The number of carbonyl (C=O) groups is 2. The number of ketones is 1. The molecule has 0 spiro atoms. The van der Waals surface area contributed by atoms with Gasteiger partial charge in [0.05, 0.1) is 12.6 Å². The predicted molar refractivity (Wildman–Crippen MR) is 86.4 cm³/mol. The van der Waals surface area contributed by atoms with E-state index < -0.39 is 36.0 Å². The highest BCUT2D eigenvalue weighted by atomic mass is 16.4. The lowest BCUT2D eigenvalue weighted by atomic mass is 9.91. The van der Waals surface area contributed by atoms with Crippen molar-refractivity contribution in [3.63, 3.8) is 0 Å². The Morgan fingerprint density at radius 1 is 1.22 bits per heavy atom. The van der Waals surface area contributed by atoms with Gasteiger partial charge in [-0.2, -0.15) is 0 Å². The summed E-state index contributed by atoms with van der Waals surface area (Å²) < 4.78 is 0. The molecule has 0 saturated carbocycles. The number of carbonyl (C=O) groups excluding carboxylic acids is 2. The van der Waals surface area contributed by atoms with Gasteiger partial charge < -0.3 is 20.6 Å². The molecule has 6 nitrogen and oxygen atoms in total. The Kier molecular flexibility index (Phi) is 7.61. The van der Waals surface area contributed by atoms with Crippen molar-refractivity contribution in [1.82, 2.24) is 5.32 Å². The first-order valence-corrected chi connectivity index (χ1v) is 7.46. The lowest BCUT2D eigenvalue weighted by Crippen LogP contribution is -2.52. The van der Waals surface area contributed by atoms with Crippen molar-refractivity contribution in [2.24, 2.45) is 0 Å². The fourth-order valence-corrected chi connectivity index (χ4v) is 2.12. The van der Waals surface area contributed by atoms with Crippen LogP contribution in [-0.2, 0) is 9.59 Å². The van der Waals surface area contributed by atoms with E-state index in [9.17, 15) is 19.8 Å². The van der Waals surface area contributed by atoms with Gasteiger partial charge in [-0.1, -0.05) is 42.5 Å². The van der Waals surface area contributed by atoms with Gasteiger partial charge in [-0.3, -0.25) is 9.59 Å². The molecule has 23 heavy (non-hydrogen) atoms. The molecule has 3 unspecified atom stereocenters. The van der Waals surface area contributed by atoms with Crippen LogP contribution in [0, 0.1) is 0 Å². The van der Waals surface area contributed by atoms with Crippen LogP contribution in [0.3, 0.4) is 0 Å². The Hall–Kier alpha value is -2.02. The minimum atomic E-state index is -2.56. The lowest BCUT2D eigenvalue weighted by Gasteiger charge is -2.21. The molecule has 0 radical (unpaired) electrons. The summed E-state index contributed by atoms with van der Waals surface area (Å²) >= 11 is 0. The van der Waals surface area contributed by atoms with E-state index in [1.54, 1.807) is 12.2 Å². The Bertz CT molecular complexity index is 535. The van der Waals surface area contributed by atoms with Crippen LogP contribution in [0.1, 0.15) is 19.8 Å². The van der Waals surface area contributed by atoms with Crippen LogP contribution in [0.15, 0.2) is 48.6 Å². The molecule has 4 N–H and O–H groups in total. The molecule has 1 aliphatic rings. The van der Waals surface area contributed by atoms with Crippen molar-refractivity contribution in [3.05, 3.63) is 48.6 Å². The first kappa shape index (κ1) is 19.0. The smallest absolute Gasteiger partial charge is 0.263 e. The number of unbranched alkanes of at least 4 members (excludes halogenated alkanes) is 1. The van der Waals surface area contributed by atoms with Gasteiger partial charge in [0, 0.05) is 0 Å². The quantitative estimate of drug-likeness (QED) is 0.168. The zero-order valence-corrected chi connectivity index (χ0v) is 13.1. The molecular weight excluding hydrogens is 298 g/mol. The summed E-state index contributed by atoms with van der Waals surface area (Å²) in [4.78, 5) is 23.6. The van der Waals surface area contributed by atoms with Crippen molar-refractivity contribution < 1.29 is 24.9 Å². The molecule has 1 saturated heterocycles. The van der Waals surface area contributed by atoms with Gasteiger partial charge in [-0.25, -0.2) is 0 Å². The van der Waals surface area contributed by atoms with Crippen molar-refractivity contribution in [1.29, 1.82) is 0 Å². The van der Waals surface area contributed by atoms with Crippen LogP contribution in [0.5, 0.6) is 0 Å². The molecule has 0 aliphatic carbocycles. The molecule has 0 aromatic carbocycles. The van der Waals surface area contributed by atoms with Crippen molar-refractivity contribution in [2.45, 2.75) is 37.5 Å². The van der Waals surface area contributed by atoms with E-state index >= 15 is 0 Å². The number of amides is 1. The predicted octanol–water partition coefficient (Wildman–Crippen LogP) is 0.163. The van der Waals surface area contributed by atoms with Crippen LogP contribution in [0.2, 0.25) is 0 Å². The summed E-state index contributed by atoms with van der Waals surface area (Å²) in [7, 11) is 0. The summed E-state index contributed by atoms with van der Waals surface area (Å²) in [6, 6.07) is -1.06. The van der Waals surface area contributed by atoms with Crippen molar-refractivity contribution in [3.8, 4) is 0 Å². The minimum absolute atomic E-state index is 0.565. The van der Waals surface area contributed by atoms with Gasteiger partial charge in [0.2, 0.25) is 5.60 Å². The molecule has 1 heterocycles. The molecular formula is C17H23NO5. The zero-order valence-electron chi connectivity index (χ0n) is 13.1. The van der Waals surface area contributed by atoms with Gasteiger partial charge in [0.15, 0.2) is 5.78 Å². The Balaban J connectivity index is 2.56. The Morgan fingerprint density at radius 3 is 2.48 bits per heavy atom. The van der Waals surface area contributed by atoms with Gasteiger partial charge in [-0.05, 0) is 25.8 Å². The van der Waals surface area contributed by atoms with E-state index in [4.69, 9.17) is 5.11 Å². The van der Waals surface area contributed by atoms with Gasteiger partial charge in [-0.15, -0.1) is 0 Å². The third-order valence-electron chi connectivity index (χ3n) is 3.50. The van der Waals surface area contributed by atoms with Crippen molar-refractivity contribution in [2.75, 3.05) is 6.61 Å². The summed E-state index contributed by atoms with van der Waals surface area (Å²) in [6.45, 7) is 1.40. The Labute approximate surface area is 135 Å². The van der Waals surface area contributed by atoms with Gasteiger partial charge in [0.25, 0.3) is 5.91 Å². The highest BCUT2D eigenvalue weighted by Gasteiger charge is 2.57. The molecule has 1 amide bonds. The van der Waals surface area contributed by atoms with Crippen LogP contribution in [-0.4, -0.2) is 51.4 Å². The second-order valence-corrected chi connectivity index (χ2v) is 5.16. The fourth-order valence-electron chi connectivity index (χ4n) is 2.12. The molecule has 1 rings (SSSR count). The molecule has 1 aliphatic heterocycles. The molecule has 3 atom stereocenters. The average Bonchev–Trinajstić information content (AvgIpc) is 2.77. The van der Waals surface area contributed by atoms with E-state index in [2.05, 4.69) is 11.4 Å². The number of rotatable bonds is 8. The zero-order chi connectivity index (χ0) is 17.3. The first-order chi connectivity index (χ1) is 11.0. The number of allylic oxidation sites excluding steroid dienone is 7. The second kappa shape index (κ2) is 9.19. The van der Waals surface area contributed by atoms with E-state index in [-0.39, 0.29) is 0 Å². The SMILES string of the molecule is CC=CCCC=CC=CC=CC(=O)C1(O)C(=O)NC(CO)C1O.